The predicted molar refractivity (Wildman–Crippen MR) is 83.1 cm³/mol. The molecule has 20 heavy (non-hydrogen) atoms. The maximum Gasteiger partial charge on any atom is 0.261 e. The fraction of sp³-hybridized carbons (Fsp3) is 0. The highest BCUT2D eigenvalue weighted by Gasteiger charge is 2.16. The molecule has 106 valence electrons. The second kappa shape index (κ2) is 5.69. The maximum atomic E-state index is 12.2. The molecule has 0 atom stereocenters. The molecule has 0 aliphatic carbocycles. The summed E-state index contributed by atoms with van der Waals surface area (Å²) in [6.07, 6.45) is 0. The van der Waals surface area contributed by atoms with E-state index in [9.17, 15) is 8.42 Å². The molecule has 0 heterocycles. The standard InChI is InChI=1S/C12H9Cl3N2O2S/c13-9-4-2-8(6-11(9)15)20(18,19)17-7-1-3-10(14)12(16)5-7/h1-6,17H,16H2. The zero-order valence-corrected chi connectivity index (χ0v) is 13.0. The number of nitrogen functional groups attached to an aromatic ring is 1. The number of halogens is 3. The Morgan fingerprint density at radius 2 is 1.55 bits per heavy atom. The third kappa shape index (κ3) is 3.30. The Hall–Kier alpha value is -1.14. The molecule has 0 saturated heterocycles. The number of nitrogens with one attached hydrogen (secondary N) is 1. The average Bonchev–Trinajstić information content (AvgIpc) is 2.37. The van der Waals surface area contributed by atoms with Gasteiger partial charge >= 0.3 is 0 Å². The van der Waals surface area contributed by atoms with Crippen molar-refractivity contribution in [2.24, 2.45) is 0 Å². The van der Waals surface area contributed by atoms with E-state index in [1.165, 1.54) is 36.4 Å². The summed E-state index contributed by atoms with van der Waals surface area (Å²) in [5.41, 5.74) is 6.20. The fourth-order valence-electron chi connectivity index (χ4n) is 1.47. The molecule has 0 spiro atoms. The Kier molecular flexibility index (Phi) is 4.34. The van der Waals surface area contributed by atoms with Crippen molar-refractivity contribution < 1.29 is 8.42 Å². The summed E-state index contributed by atoms with van der Waals surface area (Å²) < 4.78 is 26.7. The molecule has 2 aromatic carbocycles. The van der Waals surface area contributed by atoms with E-state index in [0.29, 0.717) is 10.7 Å². The van der Waals surface area contributed by atoms with Crippen LogP contribution < -0.4 is 10.5 Å². The first kappa shape index (κ1) is 15.3. The van der Waals surface area contributed by atoms with Crippen molar-refractivity contribution in [1.82, 2.24) is 0 Å². The highest BCUT2D eigenvalue weighted by atomic mass is 35.5. The van der Waals surface area contributed by atoms with Gasteiger partial charge in [-0.15, -0.1) is 0 Å². The van der Waals surface area contributed by atoms with E-state index in [-0.39, 0.29) is 20.6 Å². The van der Waals surface area contributed by atoms with Crippen LogP contribution in [0.15, 0.2) is 41.3 Å². The van der Waals surface area contributed by atoms with Crippen LogP contribution in [-0.4, -0.2) is 8.42 Å². The Morgan fingerprint density at radius 1 is 0.900 bits per heavy atom. The Labute approximate surface area is 131 Å². The smallest absolute Gasteiger partial charge is 0.261 e. The van der Waals surface area contributed by atoms with Gasteiger partial charge in [-0.1, -0.05) is 34.8 Å². The first-order chi connectivity index (χ1) is 9.29. The van der Waals surface area contributed by atoms with Gasteiger partial charge < -0.3 is 5.73 Å². The molecule has 0 aromatic heterocycles. The molecule has 0 fully saturated rings. The summed E-state index contributed by atoms with van der Waals surface area (Å²) in [6.45, 7) is 0. The summed E-state index contributed by atoms with van der Waals surface area (Å²) in [5.74, 6) is 0. The van der Waals surface area contributed by atoms with Gasteiger partial charge in [0, 0.05) is 0 Å². The zero-order valence-electron chi connectivity index (χ0n) is 9.90. The molecule has 2 rings (SSSR count). The van der Waals surface area contributed by atoms with E-state index in [1.807, 2.05) is 0 Å². The summed E-state index contributed by atoms with van der Waals surface area (Å²) in [6, 6.07) is 8.48. The Balaban J connectivity index is 2.35. The van der Waals surface area contributed by atoms with Gasteiger partial charge in [0.05, 0.1) is 31.3 Å². The third-order valence-corrected chi connectivity index (χ3v) is 4.91. The summed E-state index contributed by atoms with van der Waals surface area (Å²) in [4.78, 5) is 0.000390. The summed E-state index contributed by atoms with van der Waals surface area (Å²) >= 11 is 17.3. The molecule has 0 unspecified atom stereocenters. The SMILES string of the molecule is Nc1cc(NS(=O)(=O)c2ccc(Cl)c(Cl)c2)ccc1Cl. The molecule has 0 saturated carbocycles. The largest absolute Gasteiger partial charge is 0.397 e. The van der Waals surface area contributed by atoms with Crippen molar-refractivity contribution in [3.05, 3.63) is 51.5 Å². The van der Waals surface area contributed by atoms with Crippen LogP contribution in [0, 0.1) is 0 Å². The molecule has 0 amide bonds. The first-order valence-corrected chi connectivity index (χ1v) is 7.94. The molecule has 0 aliphatic rings. The highest BCUT2D eigenvalue weighted by molar-refractivity contribution is 7.92. The normalized spacial score (nSPS) is 11.3. The average molecular weight is 352 g/mol. The summed E-state index contributed by atoms with van der Waals surface area (Å²) in [7, 11) is -3.77. The number of rotatable bonds is 3. The minimum absolute atomic E-state index is 0.000390. The van der Waals surface area contributed by atoms with Gasteiger partial charge in [0.25, 0.3) is 10.0 Å². The van der Waals surface area contributed by atoms with Gasteiger partial charge in [-0.2, -0.15) is 0 Å². The minimum atomic E-state index is -3.77. The molecular formula is C12H9Cl3N2O2S. The van der Waals surface area contributed by atoms with Crippen molar-refractivity contribution in [3.63, 3.8) is 0 Å². The Morgan fingerprint density at radius 3 is 2.15 bits per heavy atom. The van der Waals surface area contributed by atoms with E-state index in [0.717, 1.165) is 0 Å². The van der Waals surface area contributed by atoms with Crippen molar-refractivity contribution in [2.75, 3.05) is 10.5 Å². The number of anilines is 2. The molecule has 0 radical (unpaired) electrons. The van der Waals surface area contributed by atoms with Crippen LogP contribution >= 0.6 is 34.8 Å². The number of sulfonamides is 1. The molecule has 4 nitrogen and oxygen atoms in total. The second-order valence-electron chi connectivity index (χ2n) is 3.92. The van der Waals surface area contributed by atoms with Gasteiger partial charge in [-0.25, -0.2) is 8.42 Å². The highest BCUT2D eigenvalue weighted by Crippen LogP contribution is 2.27. The third-order valence-electron chi connectivity index (χ3n) is 2.45. The van der Waals surface area contributed by atoms with Crippen LogP contribution in [-0.2, 0) is 10.0 Å². The first-order valence-electron chi connectivity index (χ1n) is 5.32. The van der Waals surface area contributed by atoms with Crippen molar-refractivity contribution >= 4 is 56.2 Å². The van der Waals surface area contributed by atoms with Crippen LogP contribution in [0.2, 0.25) is 15.1 Å². The van der Waals surface area contributed by atoms with Gasteiger partial charge in [0.2, 0.25) is 0 Å². The fourth-order valence-corrected chi connectivity index (χ4v) is 3.02. The lowest BCUT2D eigenvalue weighted by molar-refractivity contribution is 0.601. The molecule has 2 aromatic rings. The molecule has 0 bridgehead atoms. The van der Waals surface area contributed by atoms with E-state index in [4.69, 9.17) is 40.5 Å². The maximum absolute atomic E-state index is 12.2. The van der Waals surface area contributed by atoms with Crippen LogP contribution in [0.4, 0.5) is 11.4 Å². The second-order valence-corrected chi connectivity index (χ2v) is 6.82. The van der Waals surface area contributed by atoms with Gasteiger partial charge in [-0.3, -0.25) is 4.72 Å². The number of hydrogen-bond acceptors (Lipinski definition) is 3. The molecular weight excluding hydrogens is 343 g/mol. The van der Waals surface area contributed by atoms with Crippen molar-refractivity contribution in [3.8, 4) is 0 Å². The minimum Gasteiger partial charge on any atom is -0.397 e. The summed E-state index contributed by atoms with van der Waals surface area (Å²) in [5, 5.41) is 0.786. The molecule has 8 heteroatoms. The number of nitrogens with two attached hydrogens (primary N) is 1. The van der Waals surface area contributed by atoms with Crippen LogP contribution in [0.3, 0.4) is 0 Å². The van der Waals surface area contributed by atoms with Gasteiger partial charge in [0.15, 0.2) is 0 Å². The van der Waals surface area contributed by atoms with E-state index in [1.54, 1.807) is 0 Å². The molecule has 3 N–H and O–H groups in total. The lowest BCUT2D eigenvalue weighted by atomic mass is 10.3. The molecule has 0 aliphatic heterocycles. The van der Waals surface area contributed by atoms with Crippen LogP contribution in [0.5, 0.6) is 0 Å². The number of benzene rings is 2. The number of hydrogen-bond donors (Lipinski definition) is 2. The van der Waals surface area contributed by atoms with E-state index >= 15 is 0 Å². The van der Waals surface area contributed by atoms with Crippen LogP contribution in [0.1, 0.15) is 0 Å². The lowest BCUT2D eigenvalue weighted by Gasteiger charge is -2.10. The topological polar surface area (TPSA) is 72.2 Å². The monoisotopic (exact) mass is 350 g/mol. The Bertz CT molecular complexity index is 763. The lowest BCUT2D eigenvalue weighted by Crippen LogP contribution is -2.13. The van der Waals surface area contributed by atoms with Gasteiger partial charge in [-0.05, 0) is 36.4 Å². The van der Waals surface area contributed by atoms with Crippen molar-refractivity contribution in [1.29, 1.82) is 0 Å². The van der Waals surface area contributed by atoms with Crippen molar-refractivity contribution in [2.45, 2.75) is 4.90 Å². The zero-order chi connectivity index (χ0) is 14.9. The van der Waals surface area contributed by atoms with E-state index < -0.39 is 10.0 Å². The van der Waals surface area contributed by atoms with E-state index in [2.05, 4.69) is 4.72 Å². The quantitative estimate of drug-likeness (QED) is 0.820. The van der Waals surface area contributed by atoms with Gasteiger partial charge in [0.1, 0.15) is 0 Å². The van der Waals surface area contributed by atoms with Crippen LogP contribution in [0.25, 0.3) is 0 Å². The predicted octanol–water partition coefficient (Wildman–Crippen LogP) is 4.03.